The van der Waals surface area contributed by atoms with E-state index in [4.69, 9.17) is 9.47 Å². The minimum atomic E-state index is -0.114. The lowest BCUT2D eigenvalue weighted by atomic mass is 10.0. The highest BCUT2D eigenvalue weighted by Gasteiger charge is 2.18. The molecule has 4 heteroatoms. The third-order valence-corrected chi connectivity index (χ3v) is 2.80. The number of carbonyl (C=O) groups is 1. The van der Waals surface area contributed by atoms with Gasteiger partial charge in [-0.3, -0.25) is 4.79 Å². The maximum Gasteiger partial charge on any atom is 0.170 e. The van der Waals surface area contributed by atoms with Gasteiger partial charge in [-0.15, -0.1) is 0 Å². The van der Waals surface area contributed by atoms with E-state index in [0.29, 0.717) is 24.5 Å². The summed E-state index contributed by atoms with van der Waals surface area (Å²) in [5, 5.41) is 9.98. The molecule has 0 aliphatic rings. The summed E-state index contributed by atoms with van der Waals surface area (Å²) in [6, 6.07) is 3.12. The molecule has 0 bridgehead atoms. The van der Waals surface area contributed by atoms with Gasteiger partial charge in [0.05, 0.1) is 13.7 Å². The average molecular weight is 266 g/mol. The van der Waals surface area contributed by atoms with E-state index in [2.05, 4.69) is 6.92 Å². The predicted molar refractivity (Wildman–Crippen MR) is 74.3 cm³/mol. The van der Waals surface area contributed by atoms with Crippen LogP contribution in [-0.2, 0) is 0 Å². The van der Waals surface area contributed by atoms with E-state index in [9.17, 15) is 9.90 Å². The molecule has 1 N–H and O–H groups in total. The van der Waals surface area contributed by atoms with Gasteiger partial charge in [-0.05, 0) is 12.8 Å². The van der Waals surface area contributed by atoms with Crippen molar-refractivity contribution in [3.05, 3.63) is 17.7 Å². The number of Topliss-reactive ketones (excluding diaryl/α,β-unsaturated/α-hetero) is 1. The Morgan fingerprint density at radius 2 is 2.00 bits per heavy atom. The Morgan fingerprint density at radius 3 is 2.58 bits per heavy atom. The monoisotopic (exact) mass is 266 g/mol. The van der Waals surface area contributed by atoms with Crippen LogP contribution in [0.4, 0.5) is 0 Å². The third kappa shape index (κ3) is 4.16. The predicted octanol–water partition coefficient (Wildman–Crippen LogP) is 3.56. The zero-order valence-electron chi connectivity index (χ0n) is 11.9. The van der Waals surface area contributed by atoms with Crippen molar-refractivity contribution in [1.29, 1.82) is 0 Å². The fourth-order valence-corrected chi connectivity index (χ4v) is 1.79. The summed E-state index contributed by atoms with van der Waals surface area (Å²) >= 11 is 0. The Morgan fingerprint density at radius 1 is 1.26 bits per heavy atom. The first-order valence-corrected chi connectivity index (χ1v) is 6.71. The van der Waals surface area contributed by atoms with Crippen LogP contribution in [0.1, 0.15) is 49.9 Å². The van der Waals surface area contributed by atoms with E-state index in [0.717, 1.165) is 19.3 Å². The molecule has 1 aromatic carbocycles. The van der Waals surface area contributed by atoms with Crippen LogP contribution in [0, 0.1) is 0 Å². The van der Waals surface area contributed by atoms with Gasteiger partial charge in [-0.1, -0.05) is 20.3 Å². The molecule has 0 unspecified atom stereocenters. The molecule has 0 aliphatic carbocycles. The summed E-state index contributed by atoms with van der Waals surface area (Å²) in [4.78, 5) is 11.9. The maximum atomic E-state index is 11.9. The number of benzene rings is 1. The van der Waals surface area contributed by atoms with Crippen LogP contribution in [0.15, 0.2) is 12.1 Å². The van der Waals surface area contributed by atoms with E-state index in [-0.39, 0.29) is 17.1 Å². The fraction of sp³-hybridized carbons (Fsp3) is 0.533. The molecule has 0 heterocycles. The maximum absolute atomic E-state index is 11.9. The minimum absolute atomic E-state index is 0.0794. The fourth-order valence-electron chi connectivity index (χ4n) is 1.79. The van der Waals surface area contributed by atoms with Crippen molar-refractivity contribution in [2.24, 2.45) is 0 Å². The van der Waals surface area contributed by atoms with Gasteiger partial charge in [0.15, 0.2) is 5.78 Å². The van der Waals surface area contributed by atoms with Gasteiger partial charge < -0.3 is 14.6 Å². The van der Waals surface area contributed by atoms with Crippen LogP contribution < -0.4 is 9.47 Å². The van der Waals surface area contributed by atoms with Crippen LogP contribution in [0.25, 0.3) is 0 Å². The van der Waals surface area contributed by atoms with Crippen LogP contribution in [0.3, 0.4) is 0 Å². The van der Waals surface area contributed by atoms with Crippen molar-refractivity contribution in [3.63, 3.8) is 0 Å². The lowest BCUT2D eigenvalue weighted by Crippen LogP contribution is -2.04. The summed E-state index contributed by atoms with van der Waals surface area (Å²) in [6.07, 6.45) is 3.10. The number of phenols is 1. The quantitative estimate of drug-likeness (QED) is 0.577. The van der Waals surface area contributed by atoms with E-state index in [1.165, 1.54) is 13.2 Å². The van der Waals surface area contributed by atoms with Crippen molar-refractivity contribution >= 4 is 5.78 Å². The number of unbranched alkanes of at least 4 members (excludes halogenated alkanes) is 1. The molecule has 0 saturated heterocycles. The number of ether oxygens (including phenoxy) is 2. The number of phenolic OH excluding ortho intramolecular Hbond substituents is 1. The average Bonchev–Trinajstić information content (AvgIpc) is 2.38. The van der Waals surface area contributed by atoms with Crippen molar-refractivity contribution in [2.45, 2.75) is 39.5 Å². The number of aromatic hydroxyl groups is 1. The van der Waals surface area contributed by atoms with Gasteiger partial charge >= 0.3 is 0 Å². The van der Waals surface area contributed by atoms with Crippen molar-refractivity contribution in [2.75, 3.05) is 13.7 Å². The third-order valence-electron chi connectivity index (χ3n) is 2.80. The van der Waals surface area contributed by atoms with Crippen molar-refractivity contribution in [1.82, 2.24) is 0 Å². The zero-order chi connectivity index (χ0) is 14.3. The highest BCUT2D eigenvalue weighted by molar-refractivity contribution is 6.01. The Hall–Kier alpha value is -1.71. The standard InChI is InChI=1S/C15H22O4/c1-4-6-8-19-11-9-13(17)15(12(16)7-5-2)14(10-11)18-3/h9-10,17H,4-8H2,1-3H3. The first kappa shape index (κ1) is 15.3. The molecule has 0 aromatic heterocycles. The van der Waals surface area contributed by atoms with Crippen LogP contribution in [-0.4, -0.2) is 24.6 Å². The highest BCUT2D eigenvalue weighted by atomic mass is 16.5. The number of carbonyl (C=O) groups excluding carboxylic acids is 1. The molecule has 0 saturated carbocycles. The van der Waals surface area contributed by atoms with Crippen LogP contribution in [0.2, 0.25) is 0 Å². The van der Waals surface area contributed by atoms with Crippen molar-refractivity contribution in [3.8, 4) is 17.2 Å². The summed E-state index contributed by atoms with van der Waals surface area (Å²) < 4.78 is 10.7. The summed E-state index contributed by atoms with van der Waals surface area (Å²) in [7, 11) is 1.48. The molecule has 0 atom stereocenters. The van der Waals surface area contributed by atoms with E-state index < -0.39 is 0 Å². The number of hydrogen-bond acceptors (Lipinski definition) is 4. The molecular weight excluding hydrogens is 244 g/mol. The summed E-state index contributed by atoms with van der Waals surface area (Å²) in [6.45, 7) is 4.58. The number of ketones is 1. The first-order valence-electron chi connectivity index (χ1n) is 6.71. The second-order valence-corrected chi connectivity index (χ2v) is 4.39. The second-order valence-electron chi connectivity index (χ2n) is 4.39. The Labute approximate surface area is 114 Å². The number of hydrogen-bond donors (Lipinski definition) is 1. The molecule has 19 heavy (non-hydrogen) atoms. The molecule has 0 spiro atoms. The molecule has 0 radical (unpaired) electrons. The number of rotatable bonds is 8. The largest absolute Gasteiger partial charge is 0.507 e. The smallest absolute Gasteiger partial charge is 0.170 e. The molecule has 1 aromatic rings. The molecule has 106 valence electrons. The second kappa shape index (κ2) is 7.67. The molecule has 4 nitrogen and oxygen atoms in total. The van der Waals surface area contributed by atoms with Gasteiger partial charge in [0.25, 0.3) is 0 Å². The van der Waals surface area contributed by atoms with Crippen LogP contribution in [0.5, 0.6) is 17.2 Å². The zero-order valence-corrected chi connectivity index (χ0v) is 11.9. The minimum Gasteiger partial charge on any atom is -0.507 e. The van der Waals surface area contributed by atoms with E-state index in [1.54, 1.807) is 6.07 Å². The van der Waals surface area contributed by atoms with Gasteiger partial charge in [-0.2, -0.15) is 0 Å². The highest BCUT2D eigenvalue weighted by Crippen LogP contribution is 2.34. The molecule has 0 fully saturated rings. The van der Waals surface area contributed by atoms with Gasteiger partial charge in [0.2, 0.25) is 0 Å². The van der Waals surface area contributed by atoms with E-state index >= 15 is 0 Å². The van der Waals surface area contributed by atoms with Crippen LogP contribution >= 0.6 is 0 Å². The SMILES string of the molecule is CCCCOc1cc(O)c(C(=O)CCC)c(OC)c1. The lowest BCUT2D eigenvalue weighted by molar-refractivity contribution is 0.0976. The molecule has 0 aliphatic heterocycles. The van der Waals surface area contributed by atoms with Gasteiger partial charge in [0.1, 0.15) is 22.8 Å². The topological polar surface area (TPSA) is 55.8 Å². The Kier molecular flexibility index (Phi) is 6.19. The van der Waals surface area contributed by atoms with Crippen molar-refractivity contribution < 1.29 is 19.4 Å². The molecular formula is C15H22O4. The first-order chi connectivity index (χ1) is 9.13. The molecule has 1 rings (SSSR count). The van der Waals surface area contributed by atoms with Gasteiger partial charge in [0, 0.05) is 18.6 Å². The number of methoxy groups -OCH3 is 1. The summed E-state index contributed by atoms with van der Waals surface area (Å²) in [5.41, 5.74) is 0.243. The van der Waals surface area contributed by atoms with E-state index in [1.807, 2.05) is 6.92 Å². The molecule has 0 amide bonds. The lowest BCUT2D eigenvalue weighted by Gasteiger charge is -2.12. The Bertz CT molecular complexity index is 426. The summed E-state index contributed by atoms with van der Waals surface area (Å²) in [5.74, 6) is 0.696. The normalized spacial score (nSPS) is 10.3. The Balaban J connectivity index is 2.97. The van der Waals surface area contributed by atoms with Gasteiger partial charge in [-0.25, -0.2) is 0 Å².